The van der Waals surface area contributed by atoms with Gasteiger partial charge in [-0.1, -0.05) is 41.9 Å². The molecule has 0 unspecified atom stereocenters. The number of carboxylic acids is 1. The summed E-state index contributed by atoms with van der Waals surface area (Å²) in [5.41, 5.74) is 11.8. The second-order valence-electron chi connectivity index (χ2n) is 7.57. The van der Waals surface area contributed by atoms with E-state index < -0.39 is 5.97 Å². The lowest BCUT2D eigenvalue weighted by Gasteiger charge is -2.09. The average molecular weight is 447 g/mol. The van der Waals surface area contributed by atoms with Crippen LogP contribution in [0.25, 0.3) is 32.1 Å². The van der Waals surface area contributed by atoms with E-state index in [1.807, 2.05) is 60.8 Å². The number of nitrogen functional groups attached to an aromatic ring is 1. The number of rotatable bonds is 5. The van der Waals surface area contributed by atoms with E-state index in [9.17, 15) is 9.90 Å². The average Bonchev–Trinajstić information content (AvgIpc) is 3.29. The molecular formula is C25H19ClN2O2S. The Balaban J connectivity index is 1.66. The monoisotopic (exact) mass is 446 g/mol. The molecule has 2 aromatic heterocycles. The molecule has 0 radical (unpaired) electrons. The predicted molar refractivity (Wildman–Crippen MR) is 129 cm³/mol. The van der Waals surface area contributed by atoms with Crippen LogP contribution in [0.2, 0.25) is 5.02 Å². The molecule has 6 heteroatoms. The third-order valence-electron chi connectivity index (χ3n) is 5.53. The molecule has 0 spiro atoms. The number of thiophene rings is 1. The molecule has 5 rings (SSSR count). The number of fused-ring (bicyclic) bond motifs is 2. The molecule has 2 heterocycles. The van der Waals surface area contributed by atoms with Gasteiger partial charge in [-0.15, -0.1) is 11.3 Å². The zero-order chi connectivity index (χ0) is 21.5. The summed E-state index contributed by atoms with van der Waals surface area (Å²) in [5, 5.41) is 14.3. The standard InChI is InChI=1S/C25H19ClN2O2S/c26-18-6-8-24-21(11-18)17(14-31-24)13-28-12-16(10-25(29)30)20-7-5-15(9-23(20)28)19-3-1-2-4-22(19)27/h1-9,11-12,14H,10,13,27H2,(H,29,30). The summed E-state index contributed by atoms with van der Waals surface area (Å²) in [6.45, 7) is 0.629. The van der Waals surface area contributed by atoms with E-state index in [-0.39, 0.29) is 6.42 Å². The predicted octanol–water partition coefficient (Wildman–Crippen LogP) is 6.43. The highest BCUT2D eigenvalue weighted by atomic mass is 35.5. The van der Waals surface area contributed by atoms with Crippen LogP contribution >= 0.6 is 22.9 Å². The molecule has 0 aliphatic rings. The van der Waals surface area contributed by atoms with Crippen LogP contribution < -0.4 is 5.73 Å². The number of hydrogen-bond donors (Lipinski definition) is 2. The first kappa shape index (κ1) is 19.7. The van der Waals surface area contributed by atoms with Gasteiger partial charge in [0.05, 0.1) is 6.42 Å². The van der Waals surface area contributed by atoms with Gasteiger partial charge in [-0.05, 0) is 57.8 Å². The maximum atomic E-state index is 11.4. The SMILES string of the molecule is Nc1ccccc1-c1ccc2c(CC(=O)O)cn(Cc3csc4ccc(Cl)cc34)c2c1. The van der Waals surface area contributed by atoms with Crippen molar-refractivity contribution in [1.29, 1.82) is 0 Å². The molecule has 0 aliphatic carbocycles. The Hall–Kier alpha value is -3.28. The van der Waals surface area contributed by atoms with Crippen molar-refractivity contribution in [2.45, 2.75) is 13.0 Å². The number of anilines is 1. The first-order valence-electron chi connectivity index (χ1n) is 9.83. The van der Waals surface area contributed by atoms with E-state index in [4.69, 9.17) is 17.3 Å². The number of nitrogens with two attached hydrogens (primary N) is 1. The molecule has 0 amide bonds. The van der Waals surface area contributed by atoms with Gasteiger partial charge in [0.2, 0.25) is 0 Å². The summed E-state index contributed by atoms with van der Waals surface area (Å²) < 4.78 is 3.30. The molecular weight excluding hydrogens is 428 g/mol. The quantitative estimate of drug-likeness (QED) is 0.305. The van der Waals surface area contributed by atoms with Crippen LogP contribution in [0.3, 0.4) is 0 Å². The lowest BCUT2D eigenvalue weighted by Crippen LogP contribution is -2.00. The van der Waals surface area contributed by atoms with Gasteiger partial charge in [0.15, 0.2) is 0 Å². The number of aliphatic carboxylic acids is 1. The van der Waals surface area contributed by atoms with Crippen LogP contribution in [-0.4, -0.2) is 15.6 Å². The van der Waals surface area contributed by atoms with Gasteiger partial charge in [-0.25, -0.2) is 0 Å². The van der Waals surface area contributed by atoms with Gasteiger partial charge in [-0.2, -0.15) is 0 Å². The summed E-state index contributed by atoms with van der Waals surface area (Å²) in [6, 6.07) is 19.8. The minimum atomic E-state index is -0.844. The van der Waals surface area contributed by atoms with Crippen LogP contribution in [-0.2, 0) is 17.8 Å². The van der Waals surface area contributed by atoms with E-state index in [1.165, 1.54) is 4.70 Å². The molecule has 31 heavy (non-hydrogen) atoms. The highest BCUT2D eigenvalue weighted by Crippen LogP contribution is 2.33. The molecule has 154 valence electrons. The molecule has 0 atom stereocenters. The Labute approximate surface area is 188 Å². The van der Waals surface area contributed by atoms with Crippen molar-refractivity contribution in [2.24, 2.45) is 0 Å². The topological polar surface area (TPSA) is 68.2 Å². The Bertz CT molecular complexity index is 1450. The fraction of sp³-hybridized carbons (Fsp3) is 0.0800. The van der Waals surface area contributed by atoms with E-state index in [1.54, 1.807) is 11.3 Å². The zero-order valence-electron chi connectivity index (χ0n) is 16.5. The van der Waals surface area contributed by atoms with Crippen molar-refractivity contribution in [3.8, 4) is 11.1 Å². The number of nitrogens with zero attached hydrogens (tertiary/aromatic N) is 1. The minimum Gasteiger partial charge on any atom is -0.481 e. The van der Waals surface area contributed by atoms with E-state index in [0.29, 0.717) is 17.3 Å². The van der Waals surface area contributed by atoms with E-state index in [0.717, 1.165) is 38.5 Å². The van der Waals surface area contributed by atoms with Crippen molar-refractivity contribution in [1.82, 2.24) is 4.57 Å². The van der Waals surface area contributed by atoms with Crippen LogP contribution in [0.5, 0.6) is 0 Å². The number of benzene rings is 3. The second-order valence-corrected chi connectivity index (χ2v) is 8.92. The summed E-state index contributed by atoms with van der Waals surface area (Å²) in [4.78, 5) is 11.4. The molecule has 0 fully saturated rings. The number of halogens is 1. The number of hydrogen-bond acceptors (Lipinski definition) is 3. The van der Waals surface area contributed by atoms with Gasteiger partial charge < -0.3 is 15.4 Å². The van der Waals surface area contributed by atoms with Crippen LogP contribution in [0, 0.1) is 0 Å². The van der Waals surface area contributed by atoms with Crippen molar-refractivity contribution >= 4 is 55.6 Å². The maximum absolute atomic E-state index is 11.4. The van der Waals surface area contributed by atoms with Gasteiger partial charge in [0.1, 0.15) is 0 Å². The fourth-order valence-electron chi connectivity index (χ4n) is 4.09. The van der Waals surface area contributed by atoms with Crippen LogP contribution in [0.15, 0.2) is 72.2 Å². The lowest BCUT2D eigenvalue weighted by atomic mass is 10.0. The molecule has 4 nitrogen and oxygen atoms in total. The van der Waals surface area contributed by atoms with Gasteiger partial charge in [0, 0.05) is 44.6 Å². The zero-order valence-corrected chi connectivity index (χ0v) is 18.1. The number of carbonyl (C=O) groups is 1. The first-order valence-corrected chi connectivity index (χ1v) is 11.1. The second kappa shape index (κ2) is 7.76. The summed E-state index contributed by atoms with van der Waals surface area (Å²) in [7, 11) is 0. The van der Waals surface area contributed by atoms with Gasteiger partial charge in [0.25, 0.3) is 0 Å². The minimum absolute atomic E-state index is 0.0213. The largest absolute Gasteiger partial charge is 0.481 e. The summed E-state index contributed by atoms with van der Waals surface area (Å²) >= 11 is 7.92. The summed E-state index contributed by atoms with van der Waals surface area (Å²) in [6.07, 6.45) is 1.93. The Kier molecular flexibility index (Phi) is 4.93. The van der Waals surface area contributed by atoms with Crippen LogP contribution in [0.4, 0.5) is 5.69 Å². The normalized spacial score (nSPS) is 11.4. The molecule has 0 aliphatic heterocycles. The highest BCUT2D eigenvalue weighted by molar-refractivity contribution is 7.17. The first-order chi connectivity index (χ1) is 15.0. The molecule has 0 saturated carbocycles. The molecule has 3 aromatic carbocycles. The number of aromatic nitrogens is 1. The van der Waals surface area contributed by atoms with Crippen molar-refractivity contribution < 1.29 is 9.90 Å². The lowest BCUT2D eigenvalue weighted by molar-refractivity contribution is -0.136. The number of carboxylic acid groups (broad SMARTS) is 1. The molecule has 3 N–H and O–H groups in total. The Morgan fingerprint density at radius 3 is 2.68 bits per heavy atom. The van der Waals surface area contributed by atoms with Gasteiger partial charge >= 0.3 is 5.97 Å². The van der Waals surface area contributed by atoms with E-state index >= 15 is 0 Å². The molecule has 0 saturated heterocycles. The van der Waals surface area contributed by atoms with Gasteiger partial charge in [-0.3, -0.25) is 4.79 Å². The summed E-state index contributed by atoms with van der Waals surface area (Å²) in [5.74, 6) is -0.844. The van der Waals surface area contributed by atoms with Crippen molar-refractivity contribution in [2.75, 3.05) is 5.73 Å². The van der Waals surface area contributed by atoms with Crippen molar-refractivity contribution in [3.05, 3.63) is 88.4 Å². The van der Waals surface area contributed by atoms with Crippen molar-refractivity contribution in [3.63, 3.8) is 0 Å². The smallest absolute Gasteiger partial charge is 0.307 e. The van der Waals surface area contributed by atoms with E-state index in [2.05, 4.69) is 16.0 Å². The fourth-order valence-corrected chi connectivity index (χ4v) is 5.20. The number of para-hydroxylation sites is 1. The van der Waals surface area contributed by atoms with Crippen LogP contribution in [0.1, 0.15) is 11.1 Å². The Morgan fingerprint density at radius 2 is 1.87 bits per heavy atom. The molecule has 0 bridgehead atoms. The maximum Gasteiger partial charge on any atom is 0.307 e. The molecule has 5 aromatic rings. The third kappa shape index (κ3) is 3.67. The third-order valence-corrected chi connectivity index (χ3v) is 6.78. The highest BCUT2D eigenvalue weighted by Gasteiger charge is 2.15. The Morgan fingerprint density at radius 1 is 1.03 bits per heavy atom.